The highest BCUT2D eigenvalue weighted by molar-refractivity contribution is 5.88. The lowest BCUT2D eigenvalue weighted by molar-refractivity contribution is -0.142. The van der Waals surface area contributed by atoms with E-state index in [1.807, 2.05) is 31.2 Å². The van der Waals surface area contributed by atoms with Crippen molar-refractivity contribution in [1.82, 2.24) is 20.5 Å². The molecule has 2 aliphatic heterocycles. The highest BCUT2D eigenvalue weighted by Crippen LogP contribution is 2.30. The van der Waals surface area contributed by atoms with E-state index in [4.69, 9.17) is 9.47 Å². The second-order valence-corrected chi connectivity index (χ2v) is 8.82. The van der Waals surface area contributed by atoms with Crippen LogP contribution in [0.4, 0.5) is 0 Å². The highest BCUT2D eigenvalue weighted by atomic mass is 16.7. The van der Waals surface area contributed by atoms with Crippen molar-refractivity contribution in [2.75, 3.05) is 33.0 Å². The number of para-hydroxylation sites is 2. The van der Waals surface area contributed by atoms with Crippen molar-refractivity contribution in [3.8, 4) is 11.5 Å². The molecule has 3 heterocycles. The number of piperazine rings is 1. The van der Waals surface area contributed by atoms with Gasteiger partial charge in [0.15, 0.2) is 11.5 Å². The molecule has 3 N–H and O–H groups in total. The summed E-state index contributed by atoms with van der Waals surface area (Å²) in [6.45, 7) is 6.72. The molecule has 3 aliphatic rings. The summed E-state index contributed by atoms with van der Waals surface area (Å²) >= 11 is 0. The van der Waals surface area contributed by atoms with Crippen molar-refractivity contribution in [3.05, 3.63) is 58.9 Å². The van der Waals surface area contributed by atoms with E-state index in [-0.39, 0.29) is 5.91 Å². The monoisotopic (exact) mass is 478 g/mol. The van der Waals surface area contributed by atoms with Crippen molar-refractivity contribution in [3.63, 3.8) is 0 Å². The number of hydrogen-bond acceptors (Lipinski definition) is 5. The van der Waals surface area contributed by atoms with Crippen LogP contribution >= 0.6 is 0 Å². The van der Waals surface area contributed by atoms with Crippen LogP contribution in [0.2, 0.25) is 0 Å². The summed E-state index contributed by atoms with van der Waals surface area (Å²) in [5, 5.41) is 6.31. The maximum Gasteiger partial charge on any atom is 0.247 e. The smallest absolute Gasteiger partial charge is 0.247 e. The van der Waals surface area contributed by atoms with E-state index in [9.17, 15) is 9.59 Å². The van der Waals surface area contributed by atoms with Gasteiger partial charge in [-0.2, -0.15) is 0 Å². The summed E-state index contributed by atoms with van der Waals surface area (Å²) in [6.07, 6.45) is 11.7. The first-order valence-electron chi connectivity index (χ1n) is 12.2. The minimum Gasteiger partial charge on any atom is -0.454 e. The van der Waals surface area contributed by atoms with Gasteiger partial charge in [0.25, 0.3) is 0 Å². The number of nitrogens with one attached hydrogen (secondary N) is 3. The normalized spacial score (nSPS) is 19.9. The highest BCUT2D eigenvalue weighted by Gasteiger charge is 2.43. The van der Waals surface area contributed by atoms with Crippen molar-refractivity contribution < 1.29 is 19.1 Å². The number of carbonyl (C=O) groups excluding carboxylic acids is 2. The molecule has 2 amide bonds. The first-order valence-corrected chi connectivity index (χ1v) is 12.2. The number of fused-ring (bicyclic) bond motifs is 2. The molecule has 8 nitrogen and oxygen atoms in total. The minimum absolute atomic E-state index is 0.0750. The first kappa shape index (κ1) is 24.6. The van der Waals surface area contributed by atoms with Crippen molar-refractivity contribution in [2.24, 2.45) is 0 Å². The maximum absolute atomic E-state index is 12.9. The molecule has 0 spiro atoms. The Kier molecular flexibility index (Phi) is 7.92. The van der Waals surface area contributed by atoms with Gasteiger partial charge < -0.3 is 30.0 Å². The molecular formula is C27H34N4O4. The number of aromatic nitrogens is 1. The predicted molar refractivity (Wildman–Crippen MR) is 136 cm³/mol. The van der Waals surface area contributed by atoms with Crippen LogP contribution in [0.15, 0.2) is 36.4 Å². The summed E-state index contributed by atoms with van der Waals surface area (Å²) < 4.78 is 10.2. The zero-order valence-electron chi connectivity index (χ0n) is 20.4. The molecule has 0 bridgehead atoms. The van der Waals surface area contributed by atoms with Gasteiger partial charge in [-0.1, -0.05) is 37.3 Å². The quantitative estimate of drug-likeness (QED) is 0.555. The Hall–Kier alpha value is -3.52. The number of rotatable bonds is 6. The molecule has 1 aliphatic carbocycles. The molecule has 35 heavy (non-hydrogen) atoms. The standard InChI is InChI=1S/C20H28N4O2.C7H6O2/c1-3-20(13-21-11-12-24(20)14-25)19(26)22-10-9-16-15(2)23-18-8-6-4-5-7-17(16)18;1-2-4-7-6(3-1)8-5-9-7/h5-8,14,21,23H,3-4,9-13H2,1-2H3,(H,22,26);1-4H,5H2. The zero-order chi connectivity index (χ0) is 24.7. The van der Waals surface area contributed by atoms with Crippen molar-refractivity contribution in [2.45, 2.75) is 38.6 Å². The van der Waals surface area contributed by atoms with Gasteiger partial charge in [-0.3, -0.25) is 9.59 Å². The molecule has 1 unspecified atom stereocenters. The summed E-state index contributed by atoms with van der Waals surface area (Å²) in [5.41, 5.74) is 3.94. The largest absolute Gasteiger partial charge is 0.454 e. The molecule has 1 aromatic carbocycles. The number of aromatic amines is 1. The Morgan fingerprint density at radius 2 is 1.94 bits per heavy atom. The van der Waals surface area contributed by atoms with Crippen LogP contribution in [0.25, 0.3) is 12.2 Å². The van der Waals surface area contributed by atoms with E-state index >= 15 is 0 Å². The minimum atomic E-state index is -0.785. The second kappa shape index (κ2) is 11.3. The van der Waals surface area contributed by atoms with E-state index in [0.717, 1.165) is 48.7 Å². The molecule has 186 valence electrons. The van der Waals surface area contributed by atoms with Crippen molar-refractivity contribution >= 4 is 24.5 Å². The molecule has 2 aromatic rings. The summed E-state index contributed by atoms with van der Waals surface area (Å²) in [4.78, 5) is 29.4. The Balaban J connectivity index is 0.000000266. The zero-order valence-corrected chi connectivity index (χ0v) is 20.4. The fourth-order valence-corrected chi connectivity index (χ4v) is 4.78. The molecule has 1 fully saturated rings. The van der Waals surface area contributed by atoms with Crippen LogP contribution in [0.3, 0.4) is 0 Å². The van der Waals surface area contributed by atoms with Gasteiger partial charge in [-0.05, 0) is 50.0 Å². The number of aryl methyl sites for hydroxylation is 1. The van der Waals surface area contributed by atoms with Crippen LogP contribution in [0.1, 0.15) is 42.3 Å². The molecule has 1 atom stereocenters. The van der Waals surface area contributed by atoms with Crippen LogP contribution < -0.4 is 20.1 Å². The average Bonchev–Trinajstić information content (AvgIpc) is 3.40. The van der Waals surface area contributed by atoms with E-state index < -0.39 is 5.54 Å². The van der Waals surface area contributed by atoms with Gasteiger partial charge in [0.05, 0.1) is 0 Å². The Morgan fingerprint density at radius 1 is 1.20 bits per heavy atom. The Morgan fingerprint density at radius 3 is 2.66 bits per heavy atom. The molecule has 1 saturated heterocycles. The van der Waals surface area contributed by atoms with E-state index in [0.29, 0.717) is 32.8 Å². The van der Waals surface area contributed by atoms with Gasteiger partial charge in [0.1, 0.15) is 5.54 Å². The second-order valence-electron chi connectivity index (χ2n) is 8.82. The number of allylic oxidation sites excluding steroid dienone is 2. The molecule has 0 saturated carbocycles. The molecular weight excluding hydrogens is 444 g/mol. The number of hydrogen-bond donors (Lipinski definition) is 3. The van der Waals surface area contributed by atoms with Crippen LogP contribution in [-0.4, -0.2) is 60.7 Å². The van der Waals surface area contributed by atoms with Gasteiger partial charge in [0.2, 0.25) is 19.1 Å². The Bertz CT molecular complexity index is 1080. The van der Waals surface area contributed by atoms with Crippen LogP contribution in [-0.2, 0) is 16.0 Å². The molecule has 8 heteroatoms. The van der Waals surface area contributed by atoms with E-state index in [2.05, 4.69) is 46.8 Å². The summed E-state index contributed by atoms with van der Waals surface area (Å²) in [5.74, 6) is 1.61. The number of benzene rings is 1. The third kappa shape index (κ3) is 5.27. The maximum atomic E-state index is 12.9. The Labute approximate surface area is 206 Å². The van der Waals surface area contributed by atoms with Crippen LogP contribution in [0.5, 0.6) is 11.5 Å². The van der Waals surface area contributed by atoms with Gasteiger partial charge in [0, 0.05) is 43.1 Å². The number of nitrogens with zero attached hydrogens (tertiary/aromatic N) is 1. The topological polar surface area (TPSA) is 95.7 Å². The fourth-order valence-electron chi connectivity index (χ4n) is 4.78. The number of carbonyl (C=O) groups is 2. The number of H-pyrrole nitrogens is 1. The van der Waals surface area contributed by atoms with Crippen molar-refractivity contribution in [1.29, 1.82) is 0 Å². The summed E-state index contributed by atoms with van der Waals surface area (Å²) in [7, 11) is 0. The third-order valence-electron chi connectivity index (χ3n) is 6.80. The summed E-state index contributed by atoms with van der Waals surface area (Å²) in [6, 6.07) is 7.63. The lowest BCUT2D eigenvalue weighted by atomic mass is 9.90. The SMILES string of the molecule is CCC1(C(=O)NCCc2c(C)[nH]c3c2C=CCC=C3)CNCCN1C=O.c1ccc2c(c1)OCO2. The lowest BCUT2D eigenvalue weighted by Crippen LogP contribution is -2.67. The van der Waals surface area contributed by atoms with Crippen LogP contribution in [0, 0.1) is 6.92 Å². The third-order valence-corrected chi connectivity index (χ3v) is 6.80. The first-order chi connectivity index (χ1) is 17.1. The van der Waals surface area contributed by atoms with E-state index in [1.54, 1.807) is 4.90 Å². The molecule has 5 rings (SSSR count). The number of amides is 2. The average molecular weight is 479 g/mol. The van der Waals surface area contributed by atoms with Gasteiger partial charge >= 0.3 is 0 Å². The molecule has 1 aromatic heterocycles. The molecule has 0 radical (unpaired) electrons. The number of ether oxygens (including phenoxy) is 2. The van der Waals surface area contributed by atoms with Gasteiger partial charge in [-0.15, -0.1) is 0 Å². The van der Waals surface area contributed by atoms with Gasteiger partial charge in [-0.25, -0.2) is 0 Å². The van der Waals surface area contributed by atoms with E-state index in [1.165, 1.54) is 11.1 Å². The predicted octanol–water partition coefficient (Wildman–Crippen LogP) is 3.04. The fraction of sp³-hybridized carbons (Fsp3) is 0.407. The lowest BCUT2D eigenvalue weighted by Gasteiger charge is -2.43.